The second-order valence-corrected chi connectivity index (χ2v) is 4.31. The van der Waals surface area contributed by atoms with Crippen LogP contribution in [-0.2, 0) is 6.42 Å². The minimum atomic E-state index is -0.290. The van der Waals surface area contributed by atoms with E-state index in [9.17, 15) is 4.39 Å². The van der Waals surface area contributed by atoms with Crippen molar-refractivity contribution < 1.29 is 4.39 Å². The highest BCUT2D eigenvalue weighted by atomic mass is 32.1. The molecule has 2 aromatic rings. The molecular formula is C10H11FN2S. The zero-order valence-electron chi connectivity index (χ0n) is 7.88. The molecule has 0 unspecified atom stereocenters. The van der Waals surface area contributed by atoms with Crippen molar-refractivity contribution in [3.8, 4) is 0 Å². The summed E-state index contributed by atoms with van der Waals surface area (Å²) in [4.78, 5) is 4.37. The summed E-state index contributed by atoms with van der Waals surface area (Å²) in [6.45, 7) is 2.09. The predicted molar refractivity (Wildman–Crippen MR) is 58.0 cm³/mol. The number of nitrogen functional groups attached to an aromatic ring is 1. The van der Waals surface area contributed by atoms with Crippen LogP contribution in [-0.4, -0.2) is 4.98 Å². The lowest BCUT2D eigenvalue weighted by molar-refractivity contribution is 0.630. The molecule has 1 aromatic carbocycles. The summed E-state index contributed by atoms with van der Waals surface area (Å²) in [5.41, 5.74) is 6.84. The molecule has 14 heavy (non-hydrogen) atoms. The van der Waals surface area contributed by atoms with Gasteiger partial charge in [0.1, 0.15) is 11.3 Å². The number of fused-ring (bicyclic) bond motifs is 1. The number of benzene rings is 1. The molecule has 2 N–H and O–H groups in total. The molecular weight excluding hydrogens is 199 g/mol. The minimum Gasteiger partial charge on any atom is -0.397 e. The average Bonchev–Trinajstić information content (AvgIpc) is 2.48. The summed E-state index contributed by atoms with van der Waals surface area (Å²) in [5, 5.41) is 1.03. The Bertz CT molecular complexity index is 464. The summed E-state index contributed by atoms with van der Waals surface area (Å²) in [7, 11) is 0. The third-order valence-electron chi connectivity index (χ3n) is 2.00. The maximum atomic E-state index is 13.0. The lowest BCUT2D eigenvalue weighted by Gasteiger charge is -1.93. The van der Waals surface area contributed by atoms with Crippen molar-refractivity contribution in [2.75, 3.05) is 5.73 Å². The topological polar surface area (TPSA) is 38.9 Å². The van der Waals surface area contributed by atoms with Crippen LogP contribution in [0.1, 0.15) is 18.4 Å². The highest BCUT2D eigenvalue weighted by Crippen LogP contribution is 2.28. The Morgan fingerprint density at radius 2 is 2.29 bits per heavy atom. The van der Waals surface area contributed by atoms with E-state index in [0.717, 1.165) is 28.1 Å². The normalized spacial score (nSPS) is 11.0. The Labute approximate surface area is 85.6 Å². The number of aromatic nitrogens is 1. The molecule has 2 nitrogen and oxygen atoms in total. The van der Waals surface area contributed by atoms with Gasteiger partial charge in [-0.3, -0.25) is 0 Å². The van der Waals surface area contributed by atoms with Gasteiger partial charge >= 0.3 is 0 Å². The van der Waals surface area contributed by atoms with Gasteiger partial charge in [-0.25, -0.2) is 9.37 Å². The first-order chi connectivity index (χ1) is 6.70. The first-order valence-corrected chi connectivity index (χ1v) is 5.36. The van der Waals surface area contributed by atoms with Crippen LogP contribution < -0.4 is 5.73 Å². The third-order valence-corrected chi connectivity index (χ3v) is 3.06. The largest absolute Gasteiger partial charge is 0.397 e. The first kappa shape index (κ1) is 9.40. The Kier molecular flexibility index (Phi) is 2.37. The van der Waals surface area contributed by atoms with Crippen molar-refractivity contribution in [2.45, 2.75) is 19.8 Å². The zero-order chi connectivity index (χ0) is 10.1. The molecule has 0 atom stereocenters. The maximum Gasteiger partial charge on any atom is 0.126 e. The molecule has 0 fully saturated rings. The molecule has 1 aromatic heterocycles. The Morgan fingerprint density at radius 1 is 1.50 bits per heavy atom. The van der Waals surface area contributed by atoms with E-state index in [2.05, 4.69) is 11.9 Å². The maximum absolute atomic E-state index is 13.0. The molecule has 0 radical (unpaired) electrons. The molecule has 2 rings (SSSR count). The number of anilines is 1. The number of thiazole rings is 1. The van der Waals surface area contributed by atoms with E-state index in [1.807, 2.05) is 0 Å². The fourth-order valence-electron chi connectivity index (χ4n) is 1.39. The summed E-state index contributed by atoms with van der Waals surface area (Å²) < 4.78 is 13.8. The third kappa shape index (κ3) is 1.57. The van der Waals surface area contributed by atoms with Crippen LogP contribution in [0.2, 0.25) is 0 Å². The van der Waals surface area contributed by atoms with Gasteiger partial charge in [-0.05, 0) is 25.0 Å². The predicted octanol–water partition coefficient (Wildman–Crippen LogP) is 2.97. The van der Waals surface area contributed by atoms with E-state index in [-0.39, 0.29) is 5.82 Å². The highest BCUT2D eigenvalue weighted by Gasteiger charge is 2.07. The number of halogens is 1. The van der Waals surface area contributed by atoms with Gasteiger partial charge < -0.3 is 5.73 Å². The molecule has 0 spiro atoms. The molecule has 0 bridgehead atoms. The van der Waals surface area contributed by atoms with Crippen molar-refractivity contribution in [3.63, 3.8) is 0 Å². The lowest BCUT2D eigenvalue weighted by atomic mass is 10.3. The molecule has 0 aliphatic heterocycles. The van der Waals surface area contributed by atoms with Gasteiger partial charge in [-0.1, -0.05) is 6.92 Å². The number of hydrogen-bond acceptors (Lipinski definition) is 3. The number of nitrogens with two attached hydrogens (primary N) is 1. The van der Waals surface area contributed by atoms with E-state index in [1.165, 1.54) is 23.5 Å². The summed E-state index contributed by atoms with van der Waals surface area (Å²) in [6.07, 6.45) is 1.97. The van der Waals surface area contributed by atoms with Gasteiger partial charge in [-0.15, -0.1) is 11.3 Å². The first-order valence-electron chi connectivity index (χ1n) is 4.55. The molecule has 0 aliphatic carbocycles. The van der Waals surface area contributed by atoms with Crippen LogP contribution in [0, 0.1) is 5.82 Å². The molecule has 0 amide bonds. The monoisotopic (exact) mass is 210 g/mol. The second kappa shape index (κ2) is 3.53. The van der Waals surface area contributed by atoms with E-state index < -0.39 is 0 Å². The quantitative estimate of drug-likeness (QED) is 0.774. The standard InChI is InChI=1S/C10H11FN2S/c1-2-3-9-13-10-7(12)4-6(11)5-8(10)14-9/h4-5H,2-3,12H2,1H3. The molecule has 0 saturated carbocycles. The molecule has 4 heteroatoms. The fourth-order valence-corrected chi connectivity index (χ4v) is 2.52. The number of rotatable bonds is 2. The van der Waals surface area contributed by atoms with Crippen LogP contribution >= 0.6 is 11.3 Å². The van der Waals surface area contributed by atoms with Crippen molar-refractivity contribution in [2.24, 2.45) is 0 Å². The van der Waals surface area contributed by atoms with Gasteiger partial charge in [-0.2, -0.15) is 0 Å². The Hall–Kier alpha value is -1.16. The summed E-state index contributed by atoms with van der Waals surface area (Å²) in [6, 6.07) is 2.81. The van der Waals surface area contributed by atoms with Crippen molar-refractivity contribution in [3.05, 3.63) is 23.0 Å². The minimum absolute atomic E-state index is 0.290. The SMILES string of the molecule is CCCc1nc2c(N)cc(F)cc2s1. The molecule has 0 aliphatic rings. The molecule has 1 heterocycles. The van der Waals surface area contributed by atoms with Crippen LogP contribution in [0.15, 0.2) is 12.1 Å². The van der Waals surface area contributed by atoms with Gasteiger partial charge in [0.2, 0.25) is 0 Å². The van der Waals surface area contributed by atoms with Gasteiger partial charge in [0, 0.05) is 0 Å². The van der Waals surface area contributed by atoms with Crippen molar-refractivity contribution in [1.82, 2.24) is 4.98 Å². The zero-order valence-corrected chi connectivity index (χ0v) is 8.70. The van der Waals surface area contributed by atoms with E-state index >= 15 is 0 Å². The molecule has 0 saturated heterocycles. The fraction of sp³-hybridized carbons (Fsp3) is 0.300. The van der Waals surface area contributed by atoms with Crippen LogP contribution in [0.25, 0.3) is 10.2 Å². The number of nitrogens with zero attached hydrogens (tertiary/aromatic N) is 1. The van der Waals surface area contributed by atoms with Gasteiger partial charge in [0.15, 0.2) is 0 Å². The van der Waals surface area contributed by atoms with E-state index in [4.69, 9.17) is 5.73 Å². The van der Waals surface area contributed by atoms with Crippen LogP contribution in [0.3, 0.4) is 0 Å². The number of hydrogen-bond donors (Lipinski definition) is 1. The van der Waals surface area contributed by atoms with Crippen molar-refractivity contribution >= 4 is 27.2 Å². The smallest absolute Gasteiger partial charge is 0.126 e. The van der Waals surface area contributed by atoms with E-state index in [0.29, 0.717) is 5.69 Å². The van der Waals surface area contributed by atoms with Gasteiger partial charge in [0.25, 0.3) is 0 Å². The summed E-state index contributed by atoms with van der Waals surface area (Å²) >= 11 is 1.52. The highest BCUT2D eigenvalue weighted by molar-refractivity contribution is 7.18. The van der Waals surface area contributed by atoms with Crippen LogP contribution in [0.4, 0.5) is 10.1 Å². The second-order valence-electron chi connectivity index (χ2n) is 3.20. The van der Waals surface area contributed by atoms with Gasteiger partial charge in [0.05, 0.1) is 15.4 Å². The van der Waals surface area contributed by atoms with E-state index in [1.54, 1.807) is 0 Å². The molecule has 74 valence electrons. The van der Waals surface area contributed by atoms with Crippen LogP contribution in [0.5, 0.6) is 0 Å². The lowest BCUT2D eigenvalue weighted by Crippen LogP contribution is -1.88. The Morgan fingerprint density at radius 3 is 3.00 bits per heavy atom. The van der Waals surface area contributed by atoms with Crippen molar-refractivity contribution in [1.29, 1.82) is 0 Å². The number of aryl methyl sites for hydroxylation is 1. The Balaban J connectivity index is 2.58. The summed E-state index contributed by atoms with van der Waals surface area (Å²) in [5.74, 6) is -0.290. The average molecular weight is 210 g/mol.